The Bertz CT molecular complexity index is 753. The monoisotopic (exact) mass is 317 g/mol. The number of methoxy groups -OCH3 is 1. The van der Waals surface area contributed by atoms with Gasteiger partial charge in [0.25, 0.3) is 5.91 Å². The van der Waals surface area contributed by atoms with Crippen LogP contribution in [0.5, 0.6) is 0 Å². The first-order chi connectivity index (χ1) is 11.1. The number of pyridine rings is 1. The summed E-state index contributed by atoms with van der Waals surface area (Å²) in [5, 5.41) is 3.10. The minimum atomic E-state index is -0.401. The number of nitrogen functional groups attached to an aromatic ring is 1. The van der Waals surface area contributed by atoms with Crippen LogP contribution in [0.1, 0.15) is 30.1 Å². The number of rotatable bonds is 7. The van der Waals surface area contributed by atoms with Gasteiger partial charge in [-0.1, -0.05) is 19.4 Å². The average molecular weight is 317 g/mol. The van der Waals surface area contributed by atoms with Gasteiger partial charge in [-0.25, -0.2) is 0 Å². The predicted molar refractivity (Wildman–Crippen MR) is 91.7 cm³/mol. The summed E-state index contributed by atoms with van der Waals surface area (Å²) in [6.07, 6.45) is 3.60. The summed E-state index contributed by atoms with van der Waals surface area (Å²) >= 11 is 0. The van der Waals surface area contributed by atoms with Crippen LogP contribution in [0.3, 0.4) is 0 Å². The molecule has 0 spiro atoms. The first kappa shape index (κ1) is 17.0. The molecule has 0 saturated heterocycles. The number of hydrogen-bond acceptors (Lipinski definition) is 4. The zero-order valence-electron chi connectivity index (χ0n) is 13.6. The van der Waals surface area contributed by atoms with Gasteiger partial charge in [0.2, 0.25) is 5.43 Å². The smallest absolute Gasteiger partial charge is 0.256 e. The third kappa shape index (κ3) is 3.71. The number of carbonyl (C=O) groups is 1. The third-order valence-electron chi connectivity index (χ3n) is 3.73. The first-order valence-electron chi connectivity index (χ1n) is 7.79. The molecule has 1 amide bonds. The summed E-state index contributed by atoms with van der Waals surface area (Å²) in [4.78, 5) is 25.0. The number of ether oxygens (including phenoxy) is 1. The number of nitrogens with two attached hydrogens (primary N) is 1. The van der Waals surface area contributed by atoms with E-state index < -0.39 is 5.91 Å². The van der Waals surface area contributed by atoms with Crippen molar-refractivity contribution in [3.63, 3.8) is 0 Å². The van der Waals surface area contributed by atoms with E-state index in [9.17, 15) is 9.59 Å². The lowest BCUT2D eigenvalue weighted by Crippen LogP contribution is -2.32. The van der Waals surface area contributed by atoms with Crippen LogP contribution in [0.2, 0.25) is 0 Å². The molecule has 0 unspecified atom stereocenters. The van der Waals surface area contributed by atoms with Gasteiger partial charge >= 0.3 is 0 Å². The summed E-state index contributed by atoms with van der Waals surface area (Å²) in [5.74, 6) is -0.401. The van der Waals surface area contributed by atoms with Crippen LogP contribution in [0.25, 0.3) is 10.9 Å². The van der Waals surface area contributed by atoms with Crippen LogP contribution in [0.4, 0.5) is 5.69 Å². The Morgan fingerprint density at radius 2 is 2.17 bits per heavy atom. The number of unbranched alkanes of at least 4 members (excludes halogenated alkanes) is 1. The predicted octanol–water partition coefficient (Wildman–Crippen LogP) is 1.76. The Hall–Kier alpha value is -2.34. The van der Waals surface area contributed by atoms with Crippen molar-refractivity contribution < 1.29 is 9.53 Å². The normalized spacial score (nSPS) is 10.9. The van der Waals surface area contributed by atoms with E-state index in [4.69, 9.17) is 10.5 Å². The number of fused-ring (bicyclic) bond motifs is 1. The number of nitrogens with one attached hydrogen (secondary N) is 1. The van der Waals surface area contributed by atoms with E-state index in [-0.39, 0.29) is 11.0 Å². The summed E-state index contributed by atoms with van der Waals surface area (Å²) in [5.41, 5.74) is 6.92. The Morgan fingerprint density at radius 1 is 1.39 bits per heavy atom. The van der Waals surface area contributed by atoms with Gasteiger partial charge in [0.15, 0.2) is 0 Å². The van der Waals surface area contributed by atoms with E-state index in [1.807, 2.05) is 16.7 Å². The molecule has 3 N–H and O–H groups in total. The second-order valence-electron chi connectivity index (χ2n) is 5.41. The number of aryl methyl sites for hydroxylation is 1. The van der Waals surface area contributed by atoms with Crippen LogP contribution in [0.15, 0.2) is 29.2 Å². The van der Waals surface area contributed by atoms with Gasteiger partial charge in [0.05, 0.1) is 17.5 Å². The molecule has 0 bridgehead atoms. The summed E-state index contributed by atoms with van der Waals surface area (Å²) < 4.78 is 6.84. The maximum atomic E-state index is 12.7. The molecule has 1 heterocycles. The number of hydrogen-bond donors (Lipinski definition) is 2. The van der Waals surface area contributed by atoms with Crippen molar-refractivity contribution in [1.82, 2.24) is 9.88 Å². The van der Waals surface area contributed by atoms with E-state index in [0.717, 1.165) is 24.9 Å². The Labute approximate surface area is 135 Å². The fourth-order valence-electron chi connectivity index (χ4n) is 2.50. The molecule has 124 valence electrons. The zero-order valence-corrected chi connectivity index (χ0v) is 13.6. The molecular formula is C17H23N3O3. The van der Waals surface area contributed by atoms with Crippen molar-refractivity contribution in [2.24, 2.45) is 0 Å². The molecule has 0 aliphatic carbocycles. The average Bonchev–Trinajstić information content (AvgIpc) is 2.54. The number of nitrogens with zero attached hydrogens (tertiary/aromatic N) is 1. The molecule has 0 aliphatic heterocycles. The van der Waals surface area contributed by atoms with Crippen LogP contribution >= 0.6 is 0 Å². The van der Waals surface area contributed by atoms with E-state index in [1.165, 1.54) is 0 Å². The topological polar surface area (TPSA) is 86.4 Å². The molecule has 1 aromatic carbocycles. The molecular weight excluding hydrogens is 294 g/mol. The molecule has 0 saturated carbocycles. The summed E-state index contributed by atoms with van der Waals surface area (Å²) in [6, 6.07) is 5.35. The van der Waals surface area contributed by atoms with Crippen LogP contribution in [0, 0.1) is 0 Å². The molecule has 0 atom stereocenters. The van der Waals surface area contributed by atoms with Crippen LogP contribution in [-0.4, -0.2) is 30.7 Å². The summed E-state index contributed by atoms with van der Waals surface area (Å²) in [6.45, 7) is 3.57. The minimum absolute atomic E-state index is 0.114. The lowest BCUT2D eigenvalue weighted by atomic mass is 10.1. The SMILES string of the molecule is CCCCn1cc(C(=O)NCCOC)c(=O)c2c(N)cccc21. The third-order valence-corrected chi connectivity index (χ3v) is 3.73. The Balaban J connectivity index is 2.52. The molecule has 1 aromatic heterocycles. The van der Waals surface area contributed by atoms with E-state index in [2.05, 4.69) is 12.2 Å². The number of anilines is 1. The van der Waals surface area contributed by atoms with Crippen molar-refractivity contribution in [2.45, 2.75) is 26.3 Å². The first-order valence-corrected chi connectivity index (χ1v) is 7.79. The van der Waals surface area contributed by atoms with Gasteiger partial charge in [-0.05, 0) is 18.6 Å². The highest BCUT2D eigenvalue weighted by atomic mass is 16.5. The zero-order chi connectivity index (χ0) is 16.8. The molecule has 23 heavy (non-hydrogen) atoms. The van der Waals surface area contributed by atoms with Crippen LogP contribution in [-0.2, 0) is 11.3 Å². The molecule has 6 heteroatoms. The molecule has 0 aliphatic rings. The highest BCUT2D eigenvalue weighted by molar-refractivity contribution is 6.00. The second kappa shape index (κ2) is 7.78. The van der Waals surface area contributed by atoms with Gasteiger partial charge in [0.1, 0.15) is 5.56 Å². The molecule has 0 fully saturated rings. The summed E-state index contributed by atoms with van der Waals surface area (Å²) in [7, 11) is 1.56. The largest absolute Gasteiger partial charge is 0.398 e. The second-order valence-corrected chi connectivity index (χ2v) is 5.41. The van der Waals surface area contributed by atoms with Crippen molar-refractivity contribution in [3.8, 4) is 0 Å². The van der Waals surface area contributed by atoms with Crippen molar-refractivity contribution >= 4 is 22.5 Å². The van der Waals surface area contributed by atoms with E-state index in [0.29, 0.717) is 24.2 Å². The lowest BCUT2D eigenvalue weighted by Gasteiger charge is -2.14. The Kier molecular flexibility index (Phi) is 5.76. The van der Waals surface area contributed by atoms with Crippen molar-refractivity contribution in [3.05, 3.63) is 40.2 Å². The number of aromatic nitrogens is 1. The fourth-order valence-corrected chi connectivity index (χ4v) is 2.50. The minimum Gasteiger partial charge on any atom is -0.398 e. The van der Waals surface area contributed by atoms with E-state index in [1.54, 1.807) is 19.4 Å². The molecule has 2 rings (SSSR count). The maximum Gasteiger partial charge on any atom is 0.256 e. The fraction of sp³-hybridized carbons (Fsp3) is 0.412. The highest BCUT2D eigenvalue weighted by Crippen LogP contribution is 2.19. The van der Waals surface area contributed by atoms with Gasteiger partial charge in [-0.3, -0.25) is 9.59 Å². The molecule has 6 nitrogen and oxygen atoms in total. The Morgan fingerprint density at radius 3 is 2.87 bits per heavy atom. The number of carbonyl (C=O) groups excluding carboxylic acids is 1. The van der Waals surface area contributed by atoms with Gasteiger partial charge in [-0.2, -0.15) is 0 Å². The van der Waals surface area contributed by atoms with Gasteiger partial charge < -0.3 is 20.4 Å². The van der Waals surface area contributed by atoms with Crippen LogP contribution < -0.4 is 16.5 Å². The lowest BCUT2D eigenvalue weighted by molar-refractivity contribution is 0.0935. The number of benzene rings is 1. The van der Waals surface area contributed by atoms with Crippen molar-refractivity contribution in [2.75, 3.05) is 26.0 Å². The van der Waals surface area contributed by atoms with Crippen molar-refractivity contribution in [1.29, 1.82) is 0 Å². The number of amides is 1. The molecule has 0 radical (unpaired) electrons. The highest BCUT2D eigenvalue weighted by Gasteiger charge is 2.16. The quantitative estimate of drug-likeness (QED) is 0.602. The van der Waals surface area contributed by atoms with Gasteiger partial charge in [-0.15, -0.1) is 0 Å². The van der Waals surface area contributed by atoms with Gasteiger partial charge in [0, 0.05) is 32.1 Å². The van der Waals surface area contributed by atoms with E-state index >= 15 is 0 Å². The standard InChI is InChI=1S/C17H23N3O3/c1-3-4-9-20-11-12(17(22)19-8-10-23-2)16(21)15-13(18)6-5-7-14(15)20/h5-7,11H,3-4,8-10,18H2,1-2H3,(H,19,22). The molecule has 2 aromatic rings. The maximum absolute atomic E-state index is 12.7.